The third-order valence-corrected chi connectivity index (χ3v) is 7.64. The lowest BCUT2D eigenvalue weighted by Crippen LogP contribution is -2.42. The maximum Gasteiger partial charge on any atom is 0.326 e. The zero-order valence-electron chi connectivity index (χ0n) is 21.5. The molecule has 2 heterocycles. The van der Waals surface area contributed by atoms with E-state index in [0.717, 1.165) is 38.5 Å². The van der Waals surface area contributed by atoms with Crippen LogP contribution in [0.4, 0.5) is 5.82 Å². The number of halogens is 1. The van der Waals surface area contributed by atoms with Crippen LogP contribution in [0.5, 0.6) is 0 Å². The van der Waals surface area contributed by atoms with E-state index >= 15 is 0 Å². The lowest BCUT2D eigenvalue weighted by Gasteiger charge is -2.18. The number of carbonyl (C=O) groups is 2. The molecule has 0 fully saturated rings. The van der Waals surface area contributed by atoms with Crippen molar-refractivity contribution in [3.05, 3.63) is 105 Å². The molecule has 0 aliphatic heterocycles. The van der Waals surface area contributed by atoms with Crippen LogP contribution in [-0.4, -0.2) is 28.0 Å². The number of rotatable bonds is 10. The van der Waals surface area contributed by atoms with Crippen molar-refractivity contribution in [1.29, 1.82) is 0 Å². The second kappa shape index (κ2) is 12.2. The van der Waals surface area contributed by atoms with Gasteiger partial charge in [0.2, 0.25) is 0 Å². The smallest absolute Gasteiger partial charge is 0.326 e. The fourth-order valence-electron chi connectivity index (χ4n) is 4.33. The number of pyridine rings is 1. The highest BCUT2D eigenvalue weighted by Crippen LogP contribution is 2.29. The lowest BCUT2D eigenvalue weighted by molar-refractivity contribution is -0.139. The molecule has 0 spiro atoms. The van der Waals surface area contributed by atoms with Crippen LogP contribution >= 0.6 is 22.9 Å². The van der Waals surface area contributed by atoms with E-state index in [1.54, 1.807) is 36.6 Å². The van der Waals surface area contributed by atoms with Crippen molar-refractivity contribution in [3.8, 4) is 10.4 Å². The van der Waals surface area contributed by atoms with E-state index in [1.807, 2.05) is 50.2 Å². The second-order valence-corrected chi connectivity index (χ2v) is 10.8. The summed E-state index contributed by atoms with van der Waals surface area (Å²) < 4.78 is 0. The fourth-order valence-corrected chi connectivity index (χ4v) is 5.57. The van der Waals surface area contributed by atoms with E-state index in [4.69, 9.17) is 11.6 Å². The number of nitrogens with zero attached hydrogens (tertiary/aromatic N) is 1. The first kappa shape index (κ1) is 27.4. The summed E-state index contributed by atoms with van der Waals surface area (Å²) in [5.74, 6) is -0.632. The van der Waals surface area contributed by atoms with Gasteiger partial charge in [0.1, 0.15) is 11.9 Å². The van der Waals surface area contributed by atoms with Crippen molar-refractivity contribution in [1.82, 2.24) is 10.3 Å². The first-order valence-electron chi connectivity index (χ1n) is 12.4. The van der Waals surface area contributed by atoms with Gasteiger partial charge in [0.15, 0.2) is 0 Å². The predicted molar refractivity (Wildman–Crippen MR) is 154 cm³/mol. The Balaban J connectivity index is 1.41. The van der Waals surface area contributed by atoms with Crippen LogP contribution in [-0.2, 0) is 24.2 Å². The Morgan fingerprint density at radius 1 is 1.05 bits per heavy atom. The van der Waals surface area contributed by atoms with Gasteiger partial charge in [-0.2, -0.15) is 0 Å². The molecule has 0 aliphatic rings. The summed E-state index contributed by atoms with van der Waals surface area (Å²) >= 11 is 7.84. The zero-order chi connectivity index (χ0) is 27.2. The first-order valence-corrected chi connectivity index (χ1v) is 13.6. The summed E-state index contributed by atoms with van der Waals surface area (Å²) in [5.41, 5.74) is 5.04. The molecule has 0 saturated carbocycles. The monoisotopic (exact) mass is 547 g/mol. The molecule has 196 valence electrons. The molecular weight excluding hydrogens is 518 g/mol. The molecule has 38 heavy (non-hydrogen) atoms. The van der Waals surface area contributed by atoms with E-state index in [9.17, 15) is 14.7 Å². The van der Waals surface area contributed by atoms with E-state index in [1.165, 1.54) is 4.88 Å². The number of aryl methyl sites for hydroxylation is 3. The highest BCUT2D eigenvalue weighted by molar-refractivity contribution is 7.15. The molecule has 2 aromatic carbocycles. The topological polar surface area (TPSA) is 91.3 Å². The number of benzene rings is 2. The van der Waals surface area contributed by atoms with Gasteiger partial charge in [0.25, 0.3) is 5.91 Å². The average molecular weight is 548 g/mol. The Bertz CT molecular complexity index is 1450. The van der Waals surface area contributed by atoms with Crippen molar-refractivity contribution >= 4 is 40.6 Å². The highest BCUT2D eigenvalue weighted by atomic mass is 35.5. The minimum atomic E-state index is -1.08. The number of hydrogen-bond acceptors (Lipinski definition) is 5. The van der Waals surface area contributed by atoms with E-state index < -0.39 is 17.9 Å². The molecule has 4 rings (SSSR count). The number of carbonyl (C=O) groups excluding carboxylic acids is 1. The van der Waals surface area contributed by atoms with Crippen LogP contribution < -0.4 is 10.6 Å². The lowest BCUT2D eigenvalue weighted by atomic mass is 9.98. The molecule has 8 heteroatoms. The van der Waals surface area contributed by atoms with E-state index in [-0.39, 0.29) is 6.42 Å². The van der Waals surface area contributed by atoms with Crippen molar-refractivity contribution in [3.63, 3.8) is 0 Å². The minimum absolute atomic E-state index is 0.179. The van der Waals surface area contributed by atoms with Crippen molar-refractivity contribution < 1.29 is 14.7 Å². The number of aromatic nitrogens is 1. The summed E-state index contributed by atoms with van der Waals surface area (Å²) in [6.07, 6.45) is 2.59. The predicted octanol–water partition coefficient (Wildman–Crippen LogP) is 6.68. The Kier molecular flexibility index (Phi) is 8.81. The number of nitrogens with one attached hydrogen (secondary N) is 2. The maximum atomic E-state index is 13.0. The van der Waals surface area contributed by atoms with Gasteiger partial charge < -0.3 is 15.7 Å². The average Bonchev–Trinajstić information content (AvgIpc) is 3.36. The standard InChI is InChI=1S/C30H30ClN3O3S/c1-4-21-16-23(31)14-19(3)28(21)29(35)34-25(30(36)37)15-20-5-7-22(8-6-20)26-10-9-24(38-26)17-33-27-13-18(2)11-12-32-27/h5-14,16,25H,4,15,17H2,1-3H3,(H,32,33)(H,34,35)(H,36,37). The van der Waals surface area contributed by atoms with Crippen LogP contribution in [0.15, 0.2) is 66.9 Å². The number of amides is 1. The van der Waals surface area contributed by atoms with Crippen LogP contribution in [0, 0.1) is 13.8 Å². The third kappa shape index (κ3) is 6.79. The molecule has 3 N–H and O–H groups in total. The Morgan fingerprint density at radius 2 is 1.82 bits per heavy atom. The van der Waals surface area contributed by atoms with Gasteiger partial charge in [-0.3, -0.25) is 4.79 Å². The van der Waals surface area contributed by atoms with Gasteiger partial charge in [-0.05, 0) is 84.5 Å². The van der Waals surface area contributed by atoms with Gasteiger partial charge in [-0.1, -0.05) is 42.8 Å². The molecule has 1 amide bonds. The molecule has 4 aromatic rings. The second-order valence-electron chi connectivity index (χ2n) is 9.21. The summed E-state index contributed by atoms with van der Waals surface area (Å²) in [7, 11) is 0. The number of thiophene rings is 1. The SMILES string of the molecule is CCc1cc(Cl)cc(C)c1C(=O)NC(Cc1ccc(-c2ccc(CNc3cc(C)ccn3)s2)cc1)C(=O)O. The number of hydrogen-bond donors (Lipinski definition) is 3. The summed E-state index contributed by atoms with van der Waals surface area (Å²) in [6.45, 7) is 6.47. The molecule has 0 aliphatic carbocycles. The quantitative estimate of drug-likeness (QED) is 0.206. The molecule has 0 saturated heterocycles. The molecular formula is C30H30ClN3O3S. The minimum Gasteiger partial charge on any atom is -0.480 e. The molecule has 1 unspecified atom stereocenters. The number of carboxylic acid groups (broad SMARTS) is 1. The van der Waals surface area contributed by atoms with Crippen LogP contribution in [0.2, 0.25) is 5.02 Å². The largest absolute Gasteiger partial charge is 0.480 e. The van der Waals surface area contributed by atoms with Crippen LogP contribution in [0.25, 0.3) is 10.4 Å². The Hall–Kier alpha value is -3.68. The highest BCUT2D eigenvalue weighted by Gasteiger charge is 2.23. The molecule has 0 radical (unpaired) electrons. The van der Waals surface area contributed by atoms with Gasteiger partial charge in [0, 0.05) is 33.0 Å². The van der Waals surface area contributed by atoms with Gasteiger partial charge >= 0.3 is 5.97 Å². The molecule has 6 nitrogen and oxygen atoms in total. The van der Waals surface area contributed by atoms with Crippen molar-refractivity contribution in [2.45, 2.75) is 46.2 Å². The van der Waals surface area contributed by atoms with Gasteiger partial charge in [-0.25, -0.2) is 9.78 Å². The number of aliphatic carboxylic acids is 1. The van der Waals surface area contributed by atoms with Gasteiger partial charge in [-0.15, -0.1) is 11.3 Å². The number of anilines is 1. The van der Waals surface area contributed by atoms with Crippen LogP contribution in [0.1, 0.15) is 44.4 Å². The molecule has 0 bridgehead atoms. The van der Waals surface area contributed by atoms with E-state index in [2.05, 4.69) is 27.8 Å². The Morgan fingerprint density at radius 3 is 2.50 bits per heavy atom. The first-order chi connectivity index (χ1) is 18.2. The summed E-state index contributed by atoms with van der Waals surface area (Å²) in [5, 5.41) is 16.4. The maximum absolute atomic E-state index is 13.0. The third-order valence-electron chi connectivity index (χ3n) is 6.29. The fraction of sp³-hybridized carbons (Fsp3) is 0.233. The van der Waals surface area contributed by atoms with Gasteiger partial charge in [0.05, 0.1) is 6.54 Å². The number of carboxylic acids is 1. The summed E-state index contributed by atoms with van der Waals surface area (Å²) in [6, 6.07) is 18.4. The normalized spacial score (nSPS) is 11.7. The Labute approximate surface area is 231 Å². The van der Waals surface area contributed by atoms with Crippen molar-refractivity contribution in [2.75, 3.05) is 5.32 Å². The molecule has 1 atom stereocenters. The molecule has 2 aromatic heterocycles. The van der Waals surface area contributed by atoms with E-state index in [0.29, 0.717) is 23.6 Å². The van der Waals surface area contributed by atoms with Crippen LogP contribution in [0.3, 0.4) is 0 Å². The summed E-state index contributed by atoms with van der Waals surface area (Å²) in [4.78, 5) is 31.7. The van der Waals surface area contributed by atoms with Crippen molar-refractivity contribution in [2.24, 2.45) is 0 Å². The zero-order valence-corrected chi connectivity index (χ0v) is 23.1.